The molecule has 0 saturated carbocycles. The highest BCUT2D eigenvalue weighted by Crippen LogP contribution is 2.34. The SMILES string of the molecule is C#CCN(C(=O)OC(C)(C)C)C1CCCc2ccccc21. The molecule has 1 atom stereocenters. The topological polar surface area (TPSA) is 29.5 Å². The van der Waals surface area contributed by atoms with Crippen LogP contribution in [0.2, 0.25) is 0 Å². The summed E-state index contributed by atoms with van der Waals surface area (Å²) < 4.78 is 5.51. The molecular weight excluding hydrogens is 262 g/mol. The van der Waals surface area contributed by atoms with Crippen molar-refractivity contribution in [3.63, 3.8) is 0 Å². The van der Waals surface area contributed by atoms with E-state index >= 15 is 0 Å². The summed E-state index contributed by atoms with van der Waals surface area (Å²) in [4.78, 5) is 14.1. The zero-order valence-corrected chi connectivity index (χ0v) is 13.1. The Morgan fingerprint density at radius 1 is 1.43 bits per heavy atom. The maximum atomic E-state index is 12.5. The second kappa shape index (κ2) is 6.22. The van der Waals surface area contributed by atoms with Crippen molar-refractivity contribution in [2.45, 2.75) is 51.7 Å². The van der Waals surface area contributed by atoms with Gasteiger partial charge in [0.05, 0.1) is 12.6 Å². The first-order valence-electron chi connectivity index (χ1n) is 7.43. The van der Waals surface area contributed by atoms with Crippen LogP contribution in [0, 0.1) is 12.3 Å². The lowest BCUT2D eigenvalue weighted by Gasteiger charge is -2.35. The minimum atomic E-state index is -0.516. The van der Waals surface area contributed by atoms with Gasteiger partial charge in [-0.2, -0.15) is 0 Å². The summed E-state index contributed by atoms with van der Waals surface area (Å²) >= 11 is 0. The molecule has 0 aromatic heterocycles. The zero-order chi connectivity index (χ0) is 15.5. The molecule has 1 amide bonds. The molecule has 112 valence electrons. The Labute approximate surface area is 127 Å². The molecule has 0 N–H and O–H groups in total. The van der Waals surface area contributed by atoms with Crippen molar-refractivity contribution in [1.29, 1.82) is 0 Å². The Balaban J connectivity index is 2.28. The fraction of sp³-hybridized carbons (Fsp3) is 0.500. The van der Waals surface area contributed by atoms with E-state index in [1.54, 1.807) is 4.90 Å². The van der Waals surface area contributed by atoms with Crippen LogP contribution >= 0.6 is 0 Å². The number of fused-ring (bicyclic) bond motifs is 1. The maximum Gasteiger partial charge on any atom is 0.411 e. The monoisotopic (exact) mass is 285 g/mol. The van der Waals surface area contributed by atoms with E-state index < -0.39 is 5.60 Å². The van der Waals surface area contributed by atoms with Crippen molar-refractivity contribution in [3.8, 4) is 12.3 Å². The second-order valence-electron chi connectivity index (χ2n) is 6.42. The largest absolute Gasteiger partial charge is 0.444 e. The van der Waals surface area contributed by atoms with Crippen LogP contribution in [-0.4, -0.2) is 23.1 Å². The van der Waals surface area contributed by atoms with Crippen LogP contribution in [0.4, 0.5) is 4.79 Å². The number of carbonyl (C=O) groups excluding carboxylic acids is 1. The second-order valence-corrected chi connectivity index (χ2v) is 6.42. The molecule has 0 aliphatic heterocycles. The Morgan fingerprint density at radius 2 is 2.14 bits per heavy atom. The molecule has 3 heteroatoms. The average molecular weight is 285 g/mol. The van der Waals surface area contributed by atoms with Crippen LogP contribution < -0.4 is 0 Å². The lowest BCUT2D eigenvalue weighted by atomic mass is 9.87. The Kier molecular flexibility index (Phi) is 4.57. The number of terminal acetylenes is 1. The number of benzene rings is 1. The highest BCUT2D eigenvalue weighted by Gasteiger charge is 2.31. The quantitative estimate of drug-likeness (QED) is 0.770. The highest BCUT2D eigenvalue weighted by atomic mass is 16.6. The summed E-state index contributed by atoms with van der Waals surface area (Å²) in [6.45, 7) is 5.88. The Hall–Kier alpha value is -1.95. The summed E-state index contributed by atoms with van der Waals surface area (Å²) in [7, 11) is 0. The van der Waals surface area contributed by atoms with Gasteiger partial charge >= 0.3 is 6.09 Å². The number of amides is 1. The maximum absolute atomic E-state index is 12.5. The molecule has 0 radical (unpaired) electrons. The van der Waals surface area contributed by atoms with Crippen molar-refractivity contribution < 1.29 is 9.53 Å². The molecule has 1 aliphatic rings. The van der Waals surface area contributed by atoms with E-state index in [0.717, 1.165) is 19.3 Å². The van der Waals surface area contributed by atoms with Crippen LogP contribution in [0.5, 0.6) is 0 Å². The van der Waals surface area contributed by atoms with Gasteiger partial charge in [-0.3, -0.25) is 4.90 Å². The van der Waals surface area contributed by atoms with Gasteiger partial charge in [0.2, 0.25) is 0 Å². The fourth-order valence-electron chi connectivity index (χ4n) is 2.77. The van der Waals surface area contributed by atoms with Gasteiger partial charge in [0, 0.05) is 0 Å². The van der Waals surface area contributed by atoms with Crippen LogP contribution in [-0.2, 0) is 11.2 Å². The minimum absolute atomic E-state index is 0.0147. The molecule has 0 heterocycles. The number of nitrogens with zero attached hydrogens (tertiary/aromatic N) is 1. The molecule has 3 nitrogen and oxygen atoms in total. The number of aryl methyl sites for hydroxylation is 1. The number of ether oxygens (including phenoxy) is 1. The third-order valence-electron chi connectivity index (χ3n) is 3.60. The molecule has 1 aliphatic carbocycles. The Morgan fingerprint density at radius 3 is 2.81 bits per heavy atom. The fourth-order valence-corrected chi connectivity index (χ4v) is 2.77. The summed E-state index contributed by atoms with van der Waals surface area (Å²) in [5.41, 5.74) is 1.99. The van der Waals surface area contributed by atoms with E-state index in [-0.39, 0.29) is 18.7 Å². The first-order chi connectivity index (χ1) is 9.92. The highest BCUT2D eigenvalue weighted by molar-refractivity contribution is 5.69. The van der Waals surface area contributed by atoms with Crippen molar-refractivity contribution in [2.24, 2.45) is 0 Å². The van der Waals surface area contributed by atoms with E-state index in [9.17, 15) is 4.79 Å². The zero-order valence-electron chi connectivity index (χ0n) is 13.1. The molecule has 1 aromatic rings. The van der Waals surface area contributed by atoms with Crippen LogP contribution in [0.3, 0.4) is 0 Å². The standard InChI is InChI=1S/C18H23NO2/c1-5-13-19(17(20)21-18(2,3)4)16-12-8-10-14-9-6-7-11-15(14)16/h1,6-7,9,11,16H,8,10,12-13H2,2-4H3. The van der Waals surface area contributed by atoms with Crippen molar-refractivity contribution >= 4 is 6.09 Å². The lowest BCUT2D eigenvalue weighted by Crippen LogP contribution is -2.40. The lowest BCUT2D eigenvalue weighted by molar-refractivity contribution is 0.0173. The third-order valence-corrected chi connectivity index (χ3v) is 3.60. The van der Waals surface area contributed by atoms with Crippen LogP contribution in [0.25, 0.3) is 0 Å². The number of hydrogen-bond acceptors (Lipinski definition) is 2. The molecule has 21 heavy (non-hydrogen) atoms. The molecule has 0 saturated heterocycles. The summed E-state index contributed by atoms with van der Waals surface area (Å²) in [6.07, 6.45) is 8.18. The van der Waals surface area contributed by atoms with Gasteiger partial charge in [0.25, 0.3) is 0 Å². The van der Waals surface area contributed by atoms with Gasteiger partial charge in [0.15, 0.2) is 0 Å². The predicted molar refractivity (Wildman–Crippen MR) is 83.9 cm³/mol. The summed E-state index contributed by atoms with van der Waals surface area (Å²) in [5.74, 6) is 2.59. The third kappa shape index (κ3) is 3.78. The average Bonchev–Trinajstić information content (AvgIpc) is 2.42. The number of rotatable bonds is 2. The van der Waals surface area contributed by atoms with Gasteiger partial charge in [-0.05, 0) is 51.2 Å². The Bertz CT molecular complexity index is 551. The van der Waals surface area contributed by atoms with E-state index in [1.165, 1.54) is 11.1 Å². The normalized spacial score (nSPS) is 17.5. The van der Waals surface area contributed by atoms with Crippen LogP contribution in [0.15, 0.2) is 24.3 Å². The van der Waals surface area contributed by atoms with Gasteiger partial charge in [-0.1, -0.05) is 30.2 Å². The van der Waals surface area contributed by atoms with Gasteiger partial charge in [-0.25, -0.2) is 4.79 Å². The smallest absolute Gasteiger partial charge is 0.411 e. The van der Waals surface area contributed by atoms with E-state index in [1.807, 2.05) is 32.9 Å². The molecule has 1 unspecified atom stereocenters. The van der Waals surface area contributed by atoms with E-state index in [4.69, 9.17) is 11.2 Å². The molecule has 1 aromatic carbocycles. The first kappa shape index (κ1) is 15.4. The van der Waals surface area contributed by atoms with E-state index in [0.29, 0.717) is 0 Å². The number of carbonyl (C=O) groups is 1. The molecule has 0 spiro atoms. The molecule has 0 fully saturated rings. The van der Waals surface area contributed by atoms with Crippen LogP contribution in [0.1, 0.15) is 50.8 Å². The van der Waals surface area contributed by atoms with Crippen molar-refractivity contribution in [3.05, 3.63) is 35.4 Å². The predicted octanol–water partition coefficient (Wildman–Crippen LogP) is 3.93. The van der Waals surface area contributed by atoms with E-state index in [2.05, 4.69) is 18.1 Å². The van der Waals surface area contributed by atoms with Gasteiger partial charge < -0.3 is 4.74 Å². The van der Waals surface area contributed by atoms with Gasteiger partial charge in [0.1, 0.15) is 5.60 Å². The summed E-state index contributed by atoms with van der Waals surface area (Å²) in [5, 5.41) is 0. The number of hydrogen-bond donors (Lipinski definition) is 0. The molecular formula is C18H23NO2. The minimum Gasteiger partial charge on any atom is -0.444 e. The molecule has 0 bridgehead atoms. The van der Waals surface area contributed by atoms with Crippen molar-refractivity contribution in [2.75, 3.05) is 6.54 Å². The first-order valence-corrected chi connectivity index (χ1v) is 7.43. The summed E-state index contributed by atoms with van der Waals surface area (Å²) in [6, 6.07) is 8.29. The van der Waals surface area contributed by atoms with Gasteiger partial charge in [-0.15, -0.1) is 6.42 Å². The molecule has 2 rings (SSSR count). The van der Waals surface area contributed by atoms with Crippen molar-refractivity contribution in [1.82, 2.24) is 4.90 Å².